The first-order chi connectivity index (χ1) is 10.7. The Morgan fingerprint density at radius 1 is 1.05 bits per heavy atom. The first-order valence-corrected chi connectivity index (χ1v) is 8.00. The first kappa shape index (κ1) is 13.8. The standard InChI is InChI=1S/C17H14BrNO3/c18-12-2-3-13-11(9-12)1-4-15-17(13)14(20)10-16(22-15)19-5-7-21-8-6-19/h1-4,9-10H,5-8H2. The zero-order chi connectivity index (χ0) is 15.1. The molecule has 0 amide bonds. The maximum absolute atomic E-state index is 12.6. The van der Waals surface area contributed by atoms with Gasteiger partial charge < -0.3 is 14.1 Å². The molecule has 0 bridgehead atoms. The zero-order valence-electron chi connectivity index (χ0n) is 11.8. The molecule has 0 N–H and O–H groups in total. The molecule has 1 fully saturated rings. The number of ether oxygens (including phenoxy) is 1. The van der Waals surface area contributed by atoms with Crippen molar-refractivity contribution in [1.29, 1.82) is 0 Å². The van der Waals surface area contributed by atoms with Crippen molar-refractivity contribution in [2.24, 2.45) is 0 Å². The van der Waals surface area contributed by atoms with Crippen molar-refractivity contribution >= 4 is 43.6 Å². The van der Waals surface area contributed by atoms with E-state index in [0.29, 0.717) is 30.1 Å². The molecule has 2 heterocycles. The lowest BCUT2D eigenvalue weighted by Gasteiger charge is -2.27. The molecule has 0 aliphatic carbocycles. The molecular weight excluding hydrogens is 346 g/mol. The van der Waals surface area contributed by atoms with Gasteiger partial charge in [0.15, 0.2) is 11.3 Å². The van der Waals surface area contributed by atoms with E-state index in [-0.39, 0.29) is 5.43 Å². The molecule has 0 spiro atoms. The summed E-state index contributed by atoms with van der Waals surface area (Å²) in [7, 11) is 0. The Morgan fingerprint density at radius 3 is 2.68 bits per heavy atom. The Bertz CT molecular complexity index is 913. The summed E-state index contributed by atoms with van der Waals surface area (Å²) in [6.07, 6.45) is 0. The molecule has 0 saturated carbocycles. The average molecular weight is 360 g/mol. The third-order valence-electron chi connectivity index (χ3n) is 3.98. The molecule has 3 aromatic rings. The quantitative estimate of drug-likeness (QED) is 0.623. The summed E-state index contributed by atoms with van der Waals surface area (Å²) in [6, 6.07) is 11.3. The summed E-state index contributed by atoms with van der Waals surface area (Å²) < 4.78 is 12.3. The molecule has 4 rings (SSSR count). The minimum Gasteiger partial charge on any atom is -0.440 e. The molecule has 22 heavy (non-hydrogen) atoms. The van der Waals surface area contributed by atoms with E-state index in [2.05, 4.69) is 20.8 Å². The van der Waals surface area contributed by atoms with Crippen molar-refractivity contribution in [3.05, 3.63) is 51.1 Å². The van der Waals surface area contributed by atoms with Crippen LogP contribution in [0.5, 0.6) is 0 Å². The normalized spacial score (nSPS) is 15.6. The van der Waals surface area contributed by atoms with Gasteiger partial charge in [0.1, 0.15) is 5.58 Å². The number of hydrogen-bond acceptors (Lipinski definition) is 4. The number of rotatable bonds is 1. The highest BCUT2D eigenvalue weighted by atomic mass is 79.9. The van der Waals surface area contributed by atoms with Gasteiger partial charge in [-0.15, -0.1) is 0 Å². The predicted octanol–water partition coefficient (Wildman–Crippen LogP) is 3.55. The first-order valence-electron chi connectivity index (χ1n) is 7.21. The van der Waals surface area contributed by atoms with Crippen LogP contribution in [0.4, 0.5) is 5.88 Å². The van der Waals surface area contributed by atoms with Crippen LogP contribution < -0.4 is 10.3 Å². The van der Waals surface area contributed by atoms with Gasteiger partial charge in [-0.05, 0) is 29.0 Å². The predicted molar refractivity (Wildman–Crippen MR) is 90.7 cm³/mol. The van der Waals surface area contributed by atoms with Gasteiger partial charge in [-0.25, -0.2) is 0 Å². The number of morpholine rings is 1. The van der Waals surface area contributed by atoms with E-state index in [1.54, 1.807) is 6.07 Å². The number of halogens is 1. The SMILES string of the molecule is O=c1cc(N2CCOCC2)oc2ccc3cc(Br)ccc3c12. The fourth-order valence-corrected chi connectivity index (χ4v) is 3.26. The van der Waals surface area contributed by atoms with Gasteiger partial charge in [0.2, 0.25) is 0 Å². The molecule has 1 aromatic heterocycles. The van der Waals surface area contributed by atoms with Crippen LogP contribution >= 0.6 is 15.9 Å². The van der Waals surface area contributed by atoms with Crippen molar-refractivity contribution in [3.8, 4) is 0 Å². The Kier molecular flexibility index (Phi) is 3.39. The molecular formula is C17H14BrNO3. The summed E-state index contributed by atoms with van der Waals surface area (Å²) in [6.45, 7) is 2.81. The summed E-state index contributed by atoms with van der Waals surface area (Å²) in [5.74, 6) is 0.622. The van der Waals surface area contributed by atoms with Gasteiger partial charge in [-0.2, -0.15) is 0 Å². The molecule has 2 aromatic carbocycles. The van der Waals surface area contributed by atoms with Crippen LogP contribution in [-0.2, 0) is 4.74 Å². The monoisotopic (exact) mass is 359 g/mol. The fraction of sp³-hybridized carbons (Fsp3) is 0.235. The van der Waals surface area contributed by atoms with E-state index >= 15 is 0 Å². The Hall–Kier alpha value is -1.85. The molecule has 112 valence electrons. The van der Waals surface area contributed by atoms with E-state index in [9.17, 15) is 4.79 Å². The van der Waals surface area contributed by atoms with Crippen molar-refractivity contribution in [1.82, 2.24) is 0 Å². The molecule has 1 saturated heterocycles. The lowest BCUT2D eigenvalue weighted by atomic mass is 10.1. The van der Waals surface area contributed by atoms with Gasteiger partial charge in [-0.3, -0.25) is 4.79 Å². The lowest BCUT2D eigenvalue weighted by molar-refractivity contribution is 0.121. The second kappa shape index (κ2) is 5.41. The van der Waals surface area contributed by atoms with E-state index in [1.165, 1.54) is 0 Å². The van der Waals surface area contributed by atoms with Gasteiger partial charge in [0.05, 0.1) is 18.6 Å². The highest BCUT2D eigenvalue weighted by molar-refractivity contribution is 9.10. The lowest BCUT2D eigenvalue weighted by Crippen LogP contribution is -2.36. The fourth-order valence-electron chi connectivity index (χ4n) is 2.89. The third kappa shape index (κ3) is 2.30. The summed E-state index contributed by atoms with van der Waals surface area (Å²) >= 11 is 3.46. The summed E-state index contributed by atoms with van der Waals surface area (Å²) in [5.41, 5.74) is 0.625. The molecule has 1 aliphatic rings. The second-order valence-corrected chi connectivity index (χ2v) is 6.27. The number of benzene rings is 2. The van der Waals surface area contributed by atoms with E-state index in [1.807, 2.05) is 30.3 Å². The Balaban J connectivity index is 1.94. The highest BCUT2D eigenvalue weighted by Crippen LogP contribution is 2.28. The number of fused-ring (bicyclic) bond motifs is 3. The van der Waals surface area contributed by atoms with Crippen molar-refractivity contribution in [3.63, 3.8) is 0 Å². The number of nitrogens with zero attached hydrogens (tertiary/aromatic N) is 1. The van der Waals surface area contributed by atoms with Gasteiger partial charge in [0.25, 0.3) is 0 Å². The van der Waals surface area contributed by atoms with Crippen molar-refractivity contribution in [2.75, 3.05) is 31.2 Å². The minimum atomic E-state index is -0.00401. The van der Waals surface area contributed by atoms with E-state index in [0.717, 1.165) is 28.3 Å². The van der Waals surface area contributed by atoms with Gasteiger partial charge in [-0.1, -0.05) is 28.1 Å². The largest absolute Gasteiger partial charge is 0.440 e. The van der Waals surface area contributed by atoms with Gasteiger partial charge >= 0.3 is 0 Å². The molecule has 5 heteroatoms. The van der Waals surface area contributed by atoms with Crippen LogP contribution in [0.3, 0.4) is 0 Å². The maximum atomic E-state index is 12.6. The second-order valence-electron chi connectivity index (χ2n) is 5.35. The smallest absolute Gasteiger partial charge is 0.200 e. The Morgan fingerprint density at radius 2 is 1.86 bits per heavy atom. The van der Waals surface area contributed by atoms with E-state index in [4.69, 9.17) is 9.15 Å². The van der Waals surface area contributed by atoms with Crippen molar-refractivity contribution < 1.29 is 9.15 Å². The van der Waals surface area contributed by atoms with Crippen molar-refractivity contribution in [2.45, 2.75) is 0 Å². The molecule has 1 aliphatic heterocycles. The molecule has 0 atom stereocenters. The molecule has 0 unspecified atom stereocenters. The van der Waals surface area contributed by atoms with Crippen LogP contribution in [0.2, 0.25) is 0 Å². The number of anilines is 1. The molecule has 4 nitrogen and oxygen atoms in total. The Labute approximate surface area is 135 Å². The highest BCUT2D eigenvalue weighted by Gasteiger charge is 2.16. The van der Waals surface area contributed by atoms with Crippen LogP contribution in [0.15, 0.2) is 50.1 Å². The zero-order valence-corrected chi connectivity index (χ0v) is 13.4. The average Bonchev–Trinajstić information content (AvgIpc) is 2.55. The summed E-state index contributed by atoms with van der Waals surface area (Å²) in [4.78, 5) is 14.7. The van der Waals surface area contributed by atoms with Crippen LogP contribution in [0.25, 0.3) is 21.7 Å². The van der Waals surface area contributed by atoms with Gasteiger partial charge in [0, 0.05) is 23.6 Å². The maximum Gasteiger partial charge on any atom is 0.200 e. The molecule has 0 radical (unpaired) electrons. The van der Waals surface area contributed by atoms with E-state index < -0.39 is 0 Å². The van der Waals surface area contributed by atoms with Crippen LogP contribution in [-0.4, -0.2) is 26.3 Å². The third-order valence-corrected chi connectivity index (χ3v) is 4.48. The topological polar surface area (TPSA) is 42.7 Å². The van der Waals surface area contributed by atoms with Crippen LogP contribution in [0, 0.1) is 0 Å². The minimum absolute atomic E-state index is 0.00401. The number of hydrogen-bond donors (Lipinski definition) is 0. The van der Waals surface area contributed by atoms with Crippen LogP contribution in [0.1, 0.15) is 0 Å². The summed E-state index contributed by atoms with van der Waals surface area (Å²) in [5, 5.41) is 2.58.